The number of hydrogen-bond acceptors (Lipinski definition) is 2. The van der Waals surface area contributed by atoms with Crippen molar-refractivity contribution >= 4 is 5.97 Å². The lowest BCUT2D eigenvalue weighted by Gasteiger charge is -2.39. The maximum Gasteiger partial charge on any atom is 0.310 e. The molecule has 3 nitrogen and oxygen atoms in total. The first kappa shape index (κ1) is 14.5. The van der Waals surface area contributed by atoms with Crippen LogP contribution in [-0.4, -0.2) is 35.6 Å². The van der Waals surface area contributed by atoms with Gasteiger partial charge in [0.1, 0.15) is 0 Å². The third-order valence-corrected chi connectivity index (χ3v) is 4.53. The van der Waals surface area contributed by atoms with Crippen LogP contribution in [0.25, 0.3) is 0 Å². The first-order valence-electron chi connectivity index (χ1n) is 6.84. The first-order valence-corrected chi connectivity index (χ1v) is 6.84. The Kier molecular flexibility index (Phi) is 4.99. The van der Waals surface area contributed by atoms with Crippen molar-refractivity contribution in [2.45, 2.75) is 58.9 Å². The quantitative estimate of drug-likeness (QED) is 0.804. The van der Waals surface area contributed by atoms with Crippen molar-refractivity contribution in [3.63, 3.8) is 0 Å². The van der Waals surface area contributed by atoms with Crippen molar-refractivity contribution < 1.29 is 9.90 Å². The number of carbonyl (C=O) groups is 1. The van der Waals surface area contributed by atoms with E-state index in [1.807, 2.05) is 13.8 Å². The largest absolute Gasteiger partial charge is 0.481 e. The first-order chi connectivity index (χ1) is 7.90. The molecule has 1 rings (SSSR count). The van der Waals surface area contributed by atoms with Crippen LogP contribution < -0.4 is 0 Å². The van der Waals surface area contributed by atoms with Crippen LogP contribution in [0.1, 0.15) is 52.9 Å². The van der Waals surface area contributed by atoms with Gasteiger partial charge in [0.2, 0.25) is 0 Å². The van der Waals surface area contributed by atoms with E-state index < -0.39 is 11.4 Å². The van der Waals surface area contributed by atoms with Gasteiger partial charge in [-0.3, -0.25) is 4.79 Å². The molecule has 1 aliphatic rings. The number of carboxylic acids is 1. The molecule has 0 saturated heterocycles. The van der Waals surface area contributed by atoms with E-state index >= 15 is 0 Å². The molecule has 3 atom stereocenters. The van der Waals surface area contributed by atoms with Crippen LogP contribution in [0.3, 0.4) is 0 Å². The molecule has 0 radical (unpaired) electrons. The highest BCUT2D eigenvalue weighted by Crippen LogP contribution is 2.30. The maximum atomic E-state index is 11.3. The third-order valence-electron chi connectivity index (χ3n) is 4.53. The summed E-state index contributed by atoms with van der Waals surface area (Å²) in [5.41, 5.74) is -0.605. The van der Waals surface area contributed by atoms with Gasteiger partial charge in [-0.05, 0) is 39.2 Å². The molecule has 17 heavy (non-hydrogen) atoms. The number of carboxylic acid groups (broad SMARTS) is 1. The van der Waals surface area contributed by atoms with Gasteiger partial charge in [-0.1, -0.05) is 26.7 Å². The summed E-state index contributed by atoms with van der Waals surface area (Å²) in [7, 11) is 2.09. The maximum absolute atomic E-state index is 11.3. The van der Waals surface area contributed by atoms with Crippen molar-refractivity contribution in [2.75, 3.05) is 13.6 Å². The van der Waals surface area contributed by atoms with Gasteiger partial charge in [-0.25, -0.2) is 0 Å². The van der Waals surface area contributed by atoms with Gasteiger partial charge in [-0.15, -0.1) is 0 Å². The van der Waals surface area contributed by atoms with Gasteiger partial charge in [0.05, 0.1) is 5.41 Å². The summed E-state index contributed by atoms with van der Waals surface area (Å²) in [6, 6.07) is 0.564. The SMILES string of the molecule is CCC(C)(CN(C)C1CCCCC1C)C(=O)O. The smallest absolute Gasteiger partial charge is 0.310 e. The van der Waals surface area contributed by atoms with Gasteiger partial charge >= 0.3 is 5.97 Å². The molecule has 1 fully saturated rings. The molecular formula is C14H27NO2. The van der Waals surface area contributed by atoms with Crippen LogP contribution in [0.2, 0.25) is 0 Å². The summed E-state index contributed by atoms with van der Waals surface area (Å²) in [6.07, 6.45) is 5.81. The Morgan fingerprint density at radius 3 is 2.47 bits per heavy atom. The fourth-order valence-electron chi connectivity index (χ4n) is 2.95. The van der Waals surface area contributed by atoms with Crippen molar-refractivity contribution in [1.29, 1.82) is 0 Å². The zero-order valence-electron chi connectivity index (χ0n) is 11.7. The van der Waals surface area contributed by atoms with Gasteiger partial charge in [0.25, 0.3) is 0 Å². The Labute approximate surface area is 105 Å². The molecular weight excluding hydrogens is 214 g/mol. The monoisotopic (exact) mass is 241 g/mol. The van der Waals surface area contributed by atoms with E-state index in [-0.39, 0.29) is 0 Å². The molecule has 0 amide bonds. The number of hydrogen-bond donors (Lipinski definition) is 1. The van der Waals surface area contributed by atoms with Gasteiger partial charge in [0, 0.05) is 12.6 Å². The molecule has 0 aliphatic heterocycles. The number of aliphatic carboxylic acids is 1. The van der Waals surface area contributed by atoms with Crippen LogP contribution in [0.15, 0.2) is 0 Å². The van der Waals surface area contributed by atoms with E-state index in [0.717, 1.165) is 0 Å². The number of rotatable bonds is 5. The highest BCUT2D eigenvalue weighted by molar-refractivity contribution is 5.74. The molecule has 1 aliphatic carbocycles. The standard InChI is InChI=1S/C14H27NO2/c1-5-14(3,13(16)17)10-15(4)12-9-7-6-8-11(12)2/h11-12H,5-10H2,1-4H3,(H,16,17). The van der Waals surface area contributed by atoms with Gasteiger partial charge in [-0.2, -0.15) is 0 Å². The summed E-state index contributed by atoms with van der Waals surface area (Å²) < 4.78 is 0. The minimum absolute atomic E-state index is 0.564. The predicted molar refractivity (Wildman–Crippen MR) is 70.1 cm³/mol. The molecule has 0 bridgehead atoms. The Bertz CT molecular complexity index is 267. The summed E-state index contributed by atoms with van der Waals surface area (Å²) in [6.45, 7) is 6.78. The summed E-state index contributed by atoms with van der Waals surface area (Å²) in [5, 5.41) is 9.32. The van der Waals surface area contributed by atoms with Crippen molar-refractivity contribution in [2.24, 2.45) is 11.3 Å². The van der Waals surface area contributed by atoms with E-state index in [1.165, 1.54) is 25.7 Å². The molecule has 100 valence electrons. The van der Waals surface area contributed by atoms with E-state index in [0.29, 0.717) is 24.9 Å². The Morgan fingerprint density at radius 2 is 2.00 bits per heavy atom. The Morgan fingerprint density at radius 1 is 1.41 bits per heavy atom. The average molecular weight is 241 g/mol. The number of nitrogens with zero attached hydrogens (tertiary/aromatic N) is 1. The molecule has 3 unspecified atom stereocenters. The molecule has 1 saturated carbocycles. The van der Waals surface area contributed by atoms with Crippen LogP contribution in [0, 0.1) is 11.3 Å². The van der Waals surface area contributed by atoms with Crippen LogP contribution in [-0.2, 0) is 4.79 Å². The fourth-order valence-corrected chi connectivity index (χ4v) is 2.95. The molecule has 0 aromatic rings. The Balaban J connectivity index is 2.63. The zero-order chi connectivity index (χ0) is 13.1. The van der Waals surface area contributed by atoms with Crippen molar-refractivity contribution in [3.8, 4) is 0 Å². The topological polar surface area (TPSA) is 40.5 Å². The summed E-state index contributed by atoms with van der Waals surface area (Å²) in [4.78, 5) is 13.6. The third kappa shape index (κ3) is 3.44. The van der Waals surface area contributed by atoms with Crippen LogP contribution in [0.5, 0.6) is 0 Å². The second-order valence-electron chi connectivity index (χ2n) is 5.96. The Hall–Kier alpha value is -0.570. The summed E-state index contributed by atoms with van der Waals surface area (Å²) >= 11 is 0. The molecule has 0 spiro atoms. The highest BCUT2D eigenvalue weighted by atomic mass is 16.4. The normalized spacial score (nSPS) is 29.0. The lowest BCUT2D eigenvalue weighted by Crippen LogP contribution is -2.46. The van der Waals surface area contributed by atoms with E-state index in [1.54, 1.807) is 0 Å². The van der Waals surface area contributed by atoms with Crippen LogP contribution in [0.4, 0.5) is 0 Å². The summed E-state index contributed by atoms with van der Waals surface area (Å²) in [5.74, 6) is 0.0268. The molecule has 0 aromatic carbocycles. The highest BCUT2D eigenvalue weighted by Gasteiger charge is 2.35. The minimum atomic E-state index is -0.671. The molecule has 1 N–H and O–H groups in total. The van der Waals surface area contributed by atoms with Crippen molar-refractivity contribution in [3.05, 3.63) is 0 Å². The van der Waals surface area contributed by atoms with Crippen LogP contribution >= 0.6 is 0 Å². The average Bonchev–Trinajstić information content (AvgIpc) is 2.29. The van der Waals surface area contributed by atoms with E-state index in [9.17, 15) is 9.90 Å². The fraction of sp³-hybridized carbons (Fsp3) is 0.929. The molecule has 0 aromatic heterocycles. The van der Waals surface area contributed by atoms with E-state index in [2.05, 4.69) is 18.9 Å². The molecule has 0 heterocycles. The second-order valence-corrected chi connectivity index (χ2v) is 5.96. The minimum Gasteiger partial charge on any atom is -0.481 e. The van der Waals surface area contributed by atoms with Crippen molar-refractivity contribution in [1.82, 2.24) is 4.90 Å². The zero-order valence-corrected chi connectivity index (χ0v) is 11.7. The second kappa shape index (κ2) is 5.85. The van der Waals surface area contributed by atoms with Gasteiger partial charge in [0.15, 0.2) is 0 Å². The molecule has 3 heteroatoms. The lowest BCUT2D eigenvalue weighted by molar-refractivity contribution is -0.149. The lowest BCUT2D eigenvalue weighted by atomic mass is 9.82. The predicted octanol–water partition coefficient (Wildman–Crippen LogP) is 3.00. The van der Waals surface area contributed by atoms with Gasteiger partial charge < -0.3 is 10.0 Å². The van der Waals surface area contributed by atoms with E-state index in [4.69, 9.17) is 0 Å².